The van der Waals surface area contributed by atoms with Crippen molar-refractivity contribution in [1.29, 1.82) is 0 Å². The summed E-state index contributed by atoms with van der Waals surface area (Å²) in [5.74, 6) is 4.73. The zero-order valence-electron chi connectivity index (χ0n) is 23.0. The molecule has 5 saturated carbocycles. The van der Waals surface area contributed by atoms with Crippen molar-refractivity contribution in [2.75, 3.05) is 0 Å². The minimum Gasteiger partial charge on any atom is -0.390 e. The van der Waals surface area contributed by atoms with Gasteiger partial charge in [-0.25, -0.2) is 0 Å². The monoisotopic (exact) mass is 442 g/mol. The van der Waals surface area contributed by atoms with Crippen LogP contribution < -0.4 is 0 Å². The van der Waals surface area contributed by atoms with Crippen LogP contribution in [0.2, 0.25) is 0 Å². The van der Waals surface area contributed by atoms with Crippen LogP contribution in [0.4, 0.5) is 0 Å². The summed E-state index contributed by atoms with van der Waals surface area (Å²) in [4.78, 5) is 0. The molecule has 0 aromatic rings. The van der Waals surface area contributed by atoms with Gasteiger partial charge in [-0.1, -0.05) is 48.5 Å². The standard InChI is InChI=1S/C31H54O/c1-20-18-26(2,3)23-14-17-31(9)25(29(23,7)19-20)11-10-24-28(6)15-12-21(27(4,5)32)22(28)13-16-30(24,31)8/h20-25,32H,10-19H2,1-9H3/t20-,21+,22?,23?,24?,25?,28+,29+,30-,31-/m1/s1. The second-order valence-corrected chi connectivity index (χ2v) is 16.1. The fourth-order valence-corrected chi connectivity index (χ4v) is 12.8. The summed E-state index contributed by atoms with van der Waals surface area (Å²) >= 11 is 0. The molecule has 184 valence electrons. The van der Waals surface area contributed by atoms with Crippen molar-refractivity contribution in [3.05, 3.63) is 0 Å². The van der Waals surface area contributed by atoms with Gasteiger partial charge in [-0.15, -0.1) is 0 Å². The second kappa shape index (κ2) is 6.79. The van der Waals surface area contributed by atoms with Crippen molar-refractivity contribution in [1.82, 2.24) is 0 Å². The quantitative estimate of drug-likeness (QED) is 0.431. The van der Waals surface area contributed by atoms with Gasteiger partial charge in [0.2, 0.25) is 0 Å². The van der Waals surface area contributed by atoms with Crippen LogP contribution in [-0.2, 0) is 0 Å². The molecule has 0 bridgehead atoms. The Morgan fingerprint density at radius 2 is 1.22 bits per heavy atom. The van der Waals surface area contributed by atoms with Crippen LogP contribution in [0.5, 0.6) is 0 Å². The highest BCUT2D eigenvalue weighted by molar-refractivity contribution is 5.19. The Morgan fingerprint density at radius 1 is 0.656 bits per heavy atom. The molecule has 10 atom stereocenters. The first kappa shape index (κ1) is 23.7. The lowest BCUT2D eigenvalue weighted by Gasteiger charge is -2.73. The first-order valence-corrected chi connectivity index (χ1v) is 14.3. The second-order valence-electron chi connectivity index (χ2n) is 16.1. The van der Waals surface area contributed by atoms with E-state index in [-0.39, 0.29) is 0 Å². The Labute approximate surface area is 199 Å². The topological polar surface area (TPSA) is 20.2 Å². The van der Waals surface area contributed by atoms with Crippen LogP contribution in [-0.4, -0.2) is 10.7 Å². The van der Waals surface area contributed by atoms with Crippen LogP contribution in [0.1, 0.15) is 127 Å². The molecule has 32 heavy (non-hydrogen) atoms. The van der Waals surface area contributed by atoms with Crippen molar-refractivity contribution in [2.24, 2.45) is 62.6 Å². The lowest BCUT2D eigenvalue weighted by Crippen LogP contribution is -2.66. The third kappa shape index (κ3) is 2.85. The van der Waals surface area contributed by atoms with Gasteiger partial charge in [0, 0.05) is 0 Å². The van der Waals surface area contributed by atoms with Crippen LogP contribution in [0.25, 0.3) is 0 Å². The molecule has 0 aromatic heterocycles. The highest BCUT2D eigenvalue weighted by Gasteiger charge is 2.70. The molecule has 5 aliphatic rings. The molecule has 4 unspecified atom stereocenters. The van der Waals surface area contributed by atoms with E-state index in [1.54, 1.807) is 0 Å². The lowest BCUT2D eigenvalue weighted by atomic mass is 9.31. The number of aliphatic hydroxyl groups is 1. The molecule has 5 rings (SSSR count). The summed E-state index contributed by atoms with van der Waals surface area (Å²) in [6, 6.07) is 0. The number of hydrogen-bond acceptors (Lipinski definition) is 1. The van der Waals surface area contributed by atoms with Crippen molar-refractivity contribution >= 4 is 0 Å². The van der Waals surface area contributed by atoms with E-state index >= 15 is 0 Å². The van der Waals surface area contributed by atoms with Gasteiger partial charge in [-0.2, -0.15) is 0 Å². The molecule has 5 aliphatic carbocycles. The SMILES string of the molecule is C[C@@H]1CC(C)(C)C2CC[C@]3(C)C(CCC4[C@@]5(C)CC[C@H](C(C)(C)O)C5CC[C@]43C)[C@@]2(C)C1. The van der Waals surface area contributed by atoms with Gasteiger partial charge in [0.1, 0.15) is 0 Å². The normalized spacial score (nSPS) is 57.2. The van der Waals surface area contributed by atoms with E-state index in [1.165, 1.54) is 64.2 Å². The number of hydrogen-bond donors (Lipinski definition) is 1. The molecule has 0 radical (unpaired) electrons. The zero-order chi connectivity index (χ0) is 23.5. The van der Waals surface area contributed by atoms with Gasteiger partial charge >= 0.3 is 0 Å². The maximum atomic E-state index is 11.0. The van der Waals surface area contributed by atoms with E-state index in [0.717, 1.165) is 29.6 Å². The Morgan fingerprint density at radius 3 is 1.81 bits per heavy atom. The predicted molar refractivity (Wildman–Crippen MR) is 135 cm³/mol. The van der Waals surface area contributed by atoms with Gasteiger partial charge in [0.25, 0.3) is 0 Å². The molecule has 1 nitrogen and oxygen atoms in total. The fraction of sp³-hybridized carbons (Fsp3) is 1.00. The molecule has 0 saturated heterocycles. The number of fused-ring (bicyclic) bond motifs is 7. The van der Waals surface area contributed by atoms with Crippen LogP contribution >= 0.6 is 0 Å². The van der Waals surface area contributed by atoms with Gasteiger partial charge in [0.15, 0.2) is 0 Å². The molecular formula is C31H54O. The van der Waals surface area contributed by atoms with Gasteiger partial charge in [-0.3, -0.25) is 0 Å². The smallest absolute Gasteiger partial charge is 0.0622 e. The summed E-state index contributed by atoms with van der Waals surface area (Å²) < 4.78 is 0. The Hall–Kier alpha value is -0.0400. The molecule has 1 N–H and O–H groups in total. The zero-order valence-corrected chi connectivity index (χ0v) is 23.0. The predicted octanol–water partition coefficient (Wildman–Crippen LogP) is 8.49. The van der Waals surface area contributed by atoms with Crippen LogP contribution in [0.15, 0.2) is 0 Å². The summed E-state index contributed by atoms with van der Waals surface area (Å²) in [7, 11) is 0. The third-order valence-electron chi connectivity index (χ3n) is 13.7. The third-order valence-corrected chi connectivity index (χ3v) is 13.7. The van der Waals surface area contributed by atoms with Crippen molar-refractivity contribution in [3.63, 3.8) is 0 Å². The van der Waals surface area contributed by atoms with E-state index in [0.29, 0.717) is 33.0 Å². The molecule has 0 aromatic carbocycles. The minimum absolute atomic E-state index is 0.433. The highest BCUT2D eigenvalue weighted by atomic mass is 16.3. The average Bonchev–Trinajstić information content (AvgIpc) is 2.98. The fourth-order valence-electron chi connectivity index (χ4n) is 12.8. The first-order chi connectivity index (χ1) is 14.6. The lowest BCUT2D eigenvalue weighted by molar-refractivity contribution is -0.247. The van der Waals surface area contributed by atoms with Crippen LogP contribution in [0, 0.1) is 62.6 Å². The van der Waals surface area contributed by atoms with Crippen molar-refractivity contribution in [3.8, 4) is 0 Å². The Balaban J connectivity index is 1.52. The molecule has 0 amide bonds. The Bertz CT molecular complexity index is 761. The van der Waals surface area contributed by atoms with Crippen molar-refractivity contribution in [2.45, 2.75) is 132 Å². The average molecular weight is 443 g/mol. The molecule has 0 heterocycles. The summed E-state index contributed by atoms with van der Waals surface area (Å²) in [5, 5.41) is 11.0. The van der Waals surface area contributed by atoms with Gasteiger partial charge in [0.05, 0.1) is 5.60 Å². The van der Waals surface area contributed by atoms with E-state index in [9.17, 15) is 5.11 Å². The number of rotatable bonds is 1. The summed E-state index contributed by atoms with van der Waals surface area (Å²) in [6.45, 7) is 22.8. The van der Waals surface area contributed by atoms with E-state index < -0.39 is 5.60 Å². The minimum atomic E-state index is -0.521. The van der Waals surface area contributed by atoms with Gasteiger partial charge < -0.3 is 5.11 Å². The highest BCUT2D eigenvalue weighted by Crippen LogP contribution is 2.78. The van der Waals surface area contributed by atoms with Gasteiger partial charge in [-0.05, 0) is 141 Å². The molecular weight excluding hydrogens is 388 g/mol. The maximum absolute atomic E-state index is 11.0. The summed E-state index contributed by atoms with van der Waals surface area (Å²) in [6.07, 6.45) is 14.0. The maximum Gasteiger partial charge on any atom is 0.0622 e. The molecule has 0 spiro atoms. The van der Waals surface area contributed by atoms with E-state index in [2.05, 4.69) is 62.3 Å². The molecule has 5 fully saturated rings. The van der Waals surface area contributed by atoms with Crippen LogP contribution in [0.3, 0.4) is 0 Å². The largest absolute Gasteiger partial charge is 0.390 e. The first-order valence-electron chi connectivity index (χ1n) is 14.3. The summed E-state index contributed by atoms with van der Waals surface area (Å²) in [5.41, 5.74) is 1.88. The van der Waals surface area contributed by atoms with E-state index in [4.69, 9.17) is 0 Å². The van der Waals surface area contributed by atoms with E-state index in [1.807, 2.05) is 0 Å². The Kier molecular flexibility index (Phi) is 5.03. The van der Waals surface area contributed by atoms with Crippen molar-refractivity contribution < 1.29 is 5.11 Å². The molecule has 1 heteroatoms. The molecule has 0 aliphatic heterocycles.